The molecular weight excluding hydrogens is 376 g/mol. The number of aldehydes is 1. The predicted molar refractivity (Wildman–Crippen MR) is 120 cm³/mol. The summed E-state index contributed by atoms with van der Waals surface area (Å²) in [7, 11) is 0. The van der Waals surface area contributed by atoms with Crippen LogP contribution in [0.15, 0.2) is 42.5 Å². The Labute approximate surface area is 180 Å². The third-order valence-electron chi connectivity index (χ3n) is 5.21. The zero-order valence-corrected chi connectivity index (χ0v) is 18.9. The van der Waals surface area contributed by atoms with Crippen LogP contribution in [0.4, 0.5) is 0 Å². The summed E-state index contributed by atoms with van der Waals surface area (Å²) in [6.45, 7) is 11.6. The minimum Gasteiger partial charge on any atom is -0.422 e. The average molecular weight is 411 g/mol. The molecule has 162 valence electrons. The summed E-state index contributed by atoms with van der Waals surface area (Å²) < 4.78 is 11.7. The first-order valence-electron chi connectivity index (χ1n) is 10.7. The van der Waals surface area contributed by atoms with Gasteiger partial charge in [-0.25, -0.2) is 4.79 Å². The Morgan fingerprint density at radius 2 is 1.83 bits per heavy atom. The predicted octanol–water partition coefficient (Wildman–Crippen LogP) is 6.00. The van der Waals surface area contributed by atoms with Crippen LogP contribution in [-0.2, 0) is 14.9 Å². The highest BCUT2D eigenvalue weighted by Crippen LogP contribution is 2.38. The van der Waals surface area contributed by atoms with Crippen LogP contribution in [0.5, 0.6) is 5.75 Å². The Kier molecular flexibility index (Phi) is 8.79. The van der Waals surface area contributed by atoms with E-state index in [0.717, 1.165) is 30.3 Å². The third-order valence-corrected chi connectivity index (χ3v) is 5.21. The van der Waals surface area contributed by atoms with Gasteiger partial charge in [0.25, 0.3) is 0 Å². The van der Waals surface area contributed by atoms with Gasteiger partial charge in [-0.3, -0.25) is 0 Å². The van der Waals surface area contributed by atoms with Crippen LogP contribution in [-0.4, -0.2) is 25.5 Å². The van der Waals surface area contributed by atoms with Crippen molar-refractivity contribution in [3.8, 4) is 5.75 Å². The fourth-order valence-electron chi connectivity index (χ4n) is 3.44. The van der Waals surface area contributed by atoms with E-state index in [-0.39, 0.29) is 17.3 Å². The van der Waals surface area contributed by atoms with Crippen molar-refractivity contribution >= 4 is 12.3 Å². The van der Waals surface area contributed by atoms with Crippen LogP contribution < -0.4 is 4.74 Å². The van der Waals surface area contributed by atoms with E-state index in [0.29, 0.717) is 30.9 Å². The molecule has 0 N–H and O–H groups in total. The molecule has 0 aliphatic heterocycles. The molecule has 0 aromatic heterocycles. The quantitative estimate of drug-likeness (QED) is 0.209. The first-order valence-corrected chi connectivity index (χ1v) is 10.7. The smallest absolute Gasteiger partial charge is 0.343 e. The normalized spacial score (nSPS) is 12.4. The Balaban J connectivity index is 2.49. The van der Waals surface area contributed by atoms with Crippen LogP contribution in [0.3, 0.4) is 0 Å². The van der Waals surface area contributed by atoms with Crippen molar-refractivity contribution in [2.45, 2.75) is 65.2 Å². The van der Waals surface area contributed by atoms with Crippen molar-refractivity contribution in [3.05, 3.63) is 64.7 Å². The number of benzene rings is 2. The highest BCUT2D eigenvalue weighted by Gasteiger charge is 2.25. The van der Waals surface area contributed by atoms with Crippen molar-refractivity contribution in [2.24, 2.45) is 0 Å². The molecular formula is C26H34O4. The van der Waals surface area contributed by atoms with E-state index in [2.05, 4.69) is 32.9 Å². The molecule has 0 saturated heterocycles. The Morgan fingerprint density at radius 3 is 2.43 bits per heavy atom. The van der Waals surface area contributed by atoms with Gasteiger partial charge in [0.05, 0.1) is 12.2 Å². The number of hydrogen-bond acceptors (Lipinski definition) is 4. The maximum Gasteiger partial charge on any atom is 0.343 e. The number of hydrogen-bond donors (Lipinski definition) is 0. The second-order valence-electron chi connectivity index (χ2n) is 8.67. The molecule has 0 amide bonds. The van der Waals surface area contributed by atoms with E-state index in [1.807, 2.05) is 32.0 Å². The summed E-state index contributed by atoms with van der Waals surface area (Å²) in [5.74, 6) is 0.281. The zero-order chi connectivity index (χ0) is 22.1. The highest BCUT2D eigenvalue weighted by molar-refractivity contribution is 5.91. The van der Waals surface area contributed by atoms with Crippen molar-refractivity contribution in [2.75, 3.05) is 13.2 Å². The minimum absolute atomic E-state index is 0.0412. The number of aryl methyl sites for hydroxylation is 1. The van der Waals surface area contributed by atoms with Gasteiger partial charge in [-0.2, -0.15) is 0 Å². The lowest BCUT2D eigenvalue weighted by molar-refractivity contribution is -0.108. The molecule has 4 heteroatoms. The van der Waals surface area contributed by atoms with E-state index < -0.39 is 0 Å². The Bertz CT molecular complexity index is 834. The number of carbonyl (C=O) groups is 2. The average Bonchev–Trinajstić information content (AvgIpc) is 2.72. The summed E-state index contributed by atoms with van der Waals surface area (Å²) in [5.41, 5.74) is 3.57. The molecule has 2 aromatic rings. The van der Waals surface area contributed by atoms with Crippen LogP contribution in [0, 0.1) is 6.92 Å². The number of carbonyl (C=O) groups excluding carboxylic acids is 2. The van der Waals surface area contributed by atoms with E-state index in [1.54, 1.807) is 12.1 Å². The van der Waals surface area contributed by atoms with E-state index >= 15 is 0 Å². The number of ether oxygens (including phenoxy) is 2. The fourth-order valence-corrected chi connectivity index (χ4v) is 3.44. The van der Waals surface area contributed by atoms with Crippen molar-refractivity contribution in [3.63, 3.8) is 0 Å². The first-order chi connectivity index (χ1) is 14.3. The largest absolute Gasteiger partial charge is 0.422 e. The highest BCUT2D eigenvalue weighted by atomic mass is 16.5. The van der Waals surface area contributed by atoms with Gasteiger partial charge in [0.15, 0.2) is 0 Å². The first kappa shape index (κ1) is 23.8. The number of esters is 1. The van der Waals surface area contributed by atoms with E-state index in [4.69, 9.17) is 9.47 Å². The molecule has 0 saturated carbocycles. The van der Waals surface area contributed by atoms with Gasteiger partial charge in [-0.1, -0.05) is 51.1 Å². The lowest BCUT2D eigenvalue weighted by Gasteiger charge is -2.26. The number of rotatable bonds is 10. The molecule has 1 unspecified atom stereocenters. The van der Waals surface area contributed by atoms with Gasteiger partial charge < -0.3 is 14.3 Å². The molecule has 2 aromatic carbocycles. The van der Waals surface area contributed by atoms with E-state index in [9.17, 15) is 9.59 Å². The van der Waals surface area contributed by atoms with Crippen LogP contribution >= 0.6 is 0 Å². The lowest BCUT2D eigenvalue weighted by Crippen LogP contribution is -2.18. The molecule has 0 bridgehead atoms. The van der Waals surface area contributed by atoms with E-state index in [1.165, 1.54) is 5.56 Å². The summed E-state index contributed by atoms with van der Waals surface area (Å²) in [5, 5.41) is 0. The van der Waals surface area contributed by atoms with Gasteiger partial charge in [0.1, 0.15) is 12.0 Å². The molecule has 0 aliphatic carbocycles. The second kappa shape index (κ2) is 11.1. The third kappa shape index (κ3) is 6.53. The Hall–Kier alpha value is -2.46. The fraction of sp³-hybridized carbons (Fsp3) is 0.462. The van der Waals surface area contributed by atoms with Gasteiger partial charge in [-0.05, 0) is 55.4 Å². The molecule has 30 heavy (non-hydrogen) atoms. The molecule has 2 rings (SSSR count). The molecule has 0 spiro atoms. The van der Waals surface area contributed by atoms with Crippen LogP contribution in [0.25, 0.3) is 0 Å². The van der Waals surface area contributed by atoms with Crippen molar-refractivity contribution in [1.82, 2.24) is 0 Å². The van der Waals surface area contributed by atoms with Crippen molar-refractivity contribution in [1.29, 1.82) is 0 Å². The molecule has 0 radical (unpaired) electrons. The molecule has 0 fully saturated rings. The summed E-state index contributed by atoms with van der Waals surface area (Å²) in [4.78, 5) is 23.6. The van der Waals surface area contributed by atoms with Gasteiger partial charge in [0, 0.05) is 24.5 Å². The number of unbranched alkanes of at least 4 members (excludes halogenated alkanes) is 1. The maximum absolute atomic E-state index is 12.8. The van der Waals surface area contributed by atoms with Gasteiger partial charge in [0.2, 0.25) is 0 Å². The molecule has 0 aliphatic rings. The SMILES string of the molecule is CCOCC(CCCC=O)c1cc(C(C)(C)C)cc(C)c1OC(=O)c1ccccc1. The standard InChI is InChI=1S/C26H34O4/c1-6-29-18-21(14-10-11-15-27)23-17-22(26(3,4)5)16-19(2)24(23)30-25(28)20-12-8-7-9-13-20/h7-9,12-13,15-17,21H,6,10-11,14,18H2,1-5H3. The van der Waals surface area contributed by atoms with Gasteiger partial charge in [-0.15, -0.1) is 0 Å². The Morgan fingerprint density at radius 1 is 1.13 bits per heavy atom. The molecule has 1 atom stereocenters. The minimum atomic E-state index is -0.369. The lowest BCUT2D eigenvalue weighted by atomic mass is 9.82. The van der Waals surface area contributed by atoms with Crippen LogP contribution in [0.2, 0.25) is 0 Å². The second-order valence-corrected chi connectivity index (χ2v) is 8.67. The molecule has 4 nitrogen and oxygen atoms in total. The zero-order valence-electron chi connectivity index (χ0n) is 18.9. The summed E-state index contributed by atoms with van der Waals surface area (Å²) >= 11 is 0. The summed E-state index contributed by atoms with van der Waals surface area (Å²) in [6.07, 6.45) is 3.03. The summed E-state index contributed by atoms with van der Waals surface area (Å²) in [6, 6.07) is 13.3. The molecule has 0 heterocycles. The van der Waals surface area contributed by atoms with Crippen molar-refractivity contribution < 1.29 is 19.1 Å². The topological polar surface area (TPSA) is 52.6 Å². The van der Waals surface area contributed by atoms with Crippen LogP contribution in [0.1, 0.15) is 79.9 Å². The maximum atomic E-state index is 12.8. The monoisotopic (exact) mass is 410 g/mol. The van der Waals surface area contributed by atoms with Gasteiger partial charge >= 0.3 is 5.97 Å².